The number of carbonyl (C=O) groups excluding carboxylic acids is 4. The fourth-order valence-electron chi connectivity index (χ4n) is 9.65. The van der Waals surface area contributed by atoms with Crippen molar-refractivity contribution < 1.29 is 19.2 Å². The van der Waals surface area contributed by atoms with Gasteiger partial charge in [0.15, 0.2) is 0 Å². The van der Waals surface area contributed by atoms with Crippen molar-refractivity contribution in [2.45, 2.75) is 144 Å². The number of nitrogens with zero attached hydrogens (tertiary/aromatic N) is 2. The zero-order chi connectivity index (χ0) is 41.1. The molecule has 7 rings (SSSR count). The minimum absolute atomic E-state index is 0.174. The Morgan fingerprint density at radius 2 is 1.09 bits per heavy atom. The van der Waals surface area contributed by atoms with Gasteiger partial charge in [-0.2, -0.15) is 0 Å². The Kier molecular flexibility index (Phi) is 12.7. The molecule has 302 valence electrons. The van der Waals surface area contributed by atoms with Gasteiger partial charge in [-0.05, 0) is 90.3 Å². The van der Waals surface area contributed by atoms with E-state index in [-0.39, 0.29) is 35.5 Å². The Morgan fingerprint density at radius 1 is 0.552 bits per heavy atom. The van der Waals surface area contributed by atoms with E-state index in [1.165, 1.54) is 9.80 Å². The van der Waals surface area contributed by atoms with E-state index in [2.05, 4.69) is 65.2 Å². The number of carbonyl (C=O) groups is 4. The zero-order valence-electron chi connectivity index (χ0n) is 35.7. The summed E-state index contributed by atoms with van der Waals surface area (Å²) in [5, 5.41) is 5.91. The van der Waals surface area contributed by atoms with Gasteiger partial charge in [0, 0.05) is 80.7 Å². The number of benzene rings is 4. The maximum absolute atomic E-state index is 14.7. The molecule has 2 atom stereocenters. The van der Waals surface area contributed by atoms with Crippen molar-refractivity contribution >= 4 is 61.5 Å². The molecule has 4 amide bonds. The van der Waals surface area contributed by atoms with Gasteiger partial charge in [0.25, 0.3) is 23.6 Å². The summed E-state index contributed by atoms with van der Waals surface area (Å²) in [5.41, 5.74) is 4.87. The highest BCUT2D eigenvalue weighted by Crippen LogP contribution is 2.46. The number of rotatable bonds is 16. The van der Waals surface area contributed by atoms with Crippen LogP contribution in [0.2, 0.25) is 0 Å². The molecule has 6 nitrogen and oxygen atoms in total. The first-order chi connectivity index (χ1) is 28.2. The van der Waals surface area contributed by atoms with Crippen molar-refractivity contribution in [3.63, 3.8) is 0 Å². The van der Waals surface area contributed by atoms with Gasteiger partial charge in [-0.3, -0.25) is 29.0 Å². The van der Waals surface area contributed by atoms with Crippen LogP contribution >= 0.6 is 0 Å². The van der Waals surface area contributed by atoms with Crippen LogP contribution in [0.15, 0.2) is 24.3 Å². The summed E-state index contributed by atoms with van der Waals surface area (Å²) in [6, 6.07) is 7.80. The molecule has 58 heavy (non-hydrogen) atoms. The third-order valence-corrected chi connectivity index (χ3v) is 13.1. The highest BCUT2D eigenvalue weighted by atomic mass is 16.2. The Morgan fingerprint density at radius 3 is 1.67 bits per heavy atom. The molecule has 2 heterocycles. The molecule has 2 unspecified atom stereocenters. The van der Waals surface area contributed by atoms with Gasteiger partial charge < -0.3 is 0 Å². The van der Waals surface area contributed by atoms with Crippen LogP contribution in [0.1, 0.15) is 186 Å². The molecule has 0 aromatic heterocycles. The summed E-state index contributed by atoms with van der Waals surface area (Å²) in [7, 11) is 0. The van der Waals surface area contributed by atoms with Crippen molar-refractivity contribution in [2.75, 3.05) is 13.1 Å². The number of unbranched alkanes of at least 4 members (excludes halogenated alkanes) is 6. The van der Waals surface area contributed by atoms with Gasteiger partial charge >= 0.3 is 0 Å². The molecule has 0 saturated carbocycles. The quantitative estimate of drug-likeness (QED) is 0.0373. The van der Waals surface area contributed by atoms with Crippen molar-refractivity contribution in [3.05, 3.63) is 62.9 Å². The molecule has 0 spiro atoms. The summed E-state index contributed by atoms with van der Waals surface area (Å²) in [5.74, 6) is 13.4. The molecular formula is C52H60N2O4. The van der Waals surface area contributed by atoms with Crippen LogP contribution < -0.4 is 5.22 Å². The Balaban J connectivity index is 1.55. The van der Waals surface area contributed by atoms with Crippen LogP contribution in [-0.2, 0) is 11.2 Å². The minimum atomic E-state index is -0.256. The highest BCUT2D eigenvalue weighted by molar-refractivity contribution is 6.36. The summed E-state index contributed by atoms with van der Waals surface area (Å²) in [6.07, 6.45) is 14.5. The third-order valence-electron chi connectivity index (χ3n) is 13.1. The molecule has 1 aliphatic carbocycles. The first-order valence-electron chi connectivity index (χ1n) is 22.5. The fourth-order valence-corrected chi connectivity index (χ4v) is 9.65. The number of imide groups is 2. The SMILES string of the molecule is CCCCC#Cc1cc2c3c(ccc4c5c(C#CCCCC)cc6c7c5c(c1c34)CCC=7C(=O)N(CC(CC)CCCC)C6=O)C(=O)N(CC(CC)CCCC)C2=O. The van der Waals surface area contributed by atoms with Gasteiger partial charge in [0.05, 0.1) is 0 Å². The van der Waals surface area contributed by atoms with Gasteiger partial charge in [-0.1, -0.05) is 123 Å². The first kappa shape index (κ1) is 41.2. The number of hydrogen-bond donors (Lipinski definition) is 0. The van der Waals surface area contributed by atoms with Crippen molar-refractivity contribution in [2.24, 2.45) is 11.8 Å². The van der Waals surface area contributed by atoms with Gasteiger partial charge in [0.1, 0.15) is 0 Å². The molecule has 2 aliphatic heterocycles. The second-order valence-corrected chi connectivity index (χ2v) is 16.9. The summed E-state index contributed by atoms with van der Waals surface area (Å²) < 4.78 is 0. The average Bonchev–Trinajstić information content (AvgIpc) is 3.24. The van der Waals surface area contributed by atoms with Gasteiger partial charge in [-0.25, -0.2) is 0 Å². The van der Waals surface area contributed by atoms with E-state index >= 15 is 0 Å². The maximum Gasteiger partial charge on any atom is 0.261 e. The van der Waals surface area contributed by atoms with E-state index in [1.54, 1.807) is 0 Å². The summed E-state index contributed by atoms with van der Waals surface area (Å²) in [4.78, 5) is 61.4. The third kappa shape index (κ3) is 7.23. The molecule has 4 aromatic carbocycles. The lowest BCUT2D eigenvalue weighted by atomic mass is 9.76. The molecular weight excluding hydrogens is 717 g/mol. The molecule has 0 N–H and O–H groups in total. The van der Waals surface area contributed by atoms with E-state index in [1.807, 2.05) is 24.3 Å². The molecule has 6 heteroatoms. The van der Waals surface area contributed by atoms with Crippen molar-refractivity contribution in [3.8, 4) is 23.7 Å². The number of aryl methyl sites for hydroxylation is 1. The summed E-state index contributed by atoms with van der Waals surface area (Å²) in [6.45, 7) is 13.8. The van der Waals surface area contributed by atoms with Crippen LogP contribution in [0, 0.1) is 35.5 Å². The van der Waals surface area contributed by atoms with Gasteiger partial charge in [0.2, 0.25) is 0 Å². The van der Waals surface area contributed by atoms with Crippen LogP contribution in [0.25, 0.3) is 37.9 Å². The normalized spacial score (nSPS) is 15.7. The predicted molar refractivity (Wildman–Crippen MR) is 237 cm³/mol. The second-order valence-electron chi connectivity index (χ2n) is 16.9. The molecule has 0 bridgehead atoms. The van der Waals surface area contributed by atoms with Crippen LogP contribution in [0.5, 0.6) is 0 Å². The second kappa shape index (κ2) is 17.9. The van der Waals surface area contributed by atoms with E-state index in [9.17, 15) is 19.2 Å². The standard InChI is InChI=1S/C52H60N2O4/c1-7-13-17-19-23-35-29-41-45-39(49(55)53(51(41)57)31-33(11-5)21-15-9-3)28-26-38-44-36(24-20-18-14-8-2)30-42-46-40(27-25-37(48(44)46)43(35)47(38)45)50(56)54(52(42)58)32-34(12-6)22-16-10-4/h25,27,29-30,33-34H,7-18,21-22,26,28,31-32H2,1-6H3. The summed E-state index contributed by atoms with van der Waals surface area (Å²) >= 11 is 0. The van der Waals surface area contributed by atoms with E-state index in [4.69, 9.17) is 0 Å². The van der Waals surface area contributed by atoms with E-state index in [0.29, 0.717) is 53.6 Å². The first-order valence-corrected chi connectivity index (χ1v) is 22.5. The maximum atomic E-state index is 14.7. The molecule has 0 fully saturated rings. The average molecular weight is 777 g/mol. The lowest BCUT2D eigenvalue weighted by Gasteiger charge is -2.34. The van der Waals surface area contributed by atoms with E-state index < -0.39 is 0 Å². The monoisotopic (exact) mass is 776 g/mol. The van der Waals surface area contributed by atoms with Crippen LogP contribution in [0.4, 0.5) is 0 Å². The lowest BCUT2D eigenvalue weighted by Crippen LogP contribution is -2.48. The molecule has 0 radical (unpaired) electrons. The largest absolute Gasteiger partial charge is 0.274 e. The zero-order valence-corrected chi connectivity index (χ0v) is 35.7. The van der Waals surface area contributed by atoms with Crippen LogP contribution in [0.3, 0.4) is 0 Å². The fraction of sp³-hybridized carbons (Fsp3) is 0.500. The Labute approximate surface area is 345 Å². The smallest absolute Gasteiger partial charge is 0.261 e. The van der Waals surface area contributed by atoms with E-state index in [0.717, 1.165) is 139 Å². The lowest BCUT2D eigenvalue weighted by molar-refractivity contribution is -0.123. The predicted octanol–water partition coefficient (Wildman–Crippen LogP) is 11.1. The topological polar surface area (TPSA) is 74.8 Å². The van der Waals surface area contributed by atoms with Crippen molar-refractivity contribution in [1.29, 1.82) is 0 Å². The number of fused-ring (bicyclic) bond motifs is 2. The van der Waals surface area contributed by atoms with Crippen LogP contribution in [-0.4, -0.2) is 46.5 Å². The van der Waals surface area contributed by atoms with Crippen molar-refractivity contribution in [1.82, 2.24) is 9.80 Å². The Bertz CT molecular complexity index is 2500. The van der Waals surface area contributed by atoms with Gasteiger partial charge in [-0.15, -0.1) is 0 Å². The molecule has 3 aliphatic rings. The number of hydrogen-bond acceptors (Lipinski definition) is 4. The Hall–Kier alpha value is -4.94. The number of amides is 4. The molecule has 0 saturated heterocycles. The minimum Gasteiger partial charge on any atom is -0.274 e. The highest BCUT2D eigenvalue weighted by Gasteiger charge is 2.40. The molecule has 4 aromatic rings.